The van der Waals surface area contributed by atoms with Crippen molar-refractivity contribution in [2.24, 2.45) is 0 Å². The average molecular weight is 459 g/mol. The van der Waals surface area contributed by atoms with Crippen LogP contribution in [0.5, 0.6) is 0 Å². The molecule has 2 aromatic carbocycles. The summed E-state index contributed by atoms with van der Waals surface area (Å²) in [7, 11) is 0. The van der Waals surface area contributed by atoms with Gasteiger partial charge in [-0.3, -0.25) is 19.6 Å². The van der Waals surface area contributed by atoms with E-state index >= 15 is 0 Å². The molecule has 2 aromatic rings. The number of hydrogen-bond acceptors (Lipinski definition) is 5. The van der Waals surface area contributed by atoms with E-state index in [9.17, 15) is 19.2 Å². The van der Waals surface area contributed by atoms with Crippen molar-refractivity contribution in [3.8, 4) is 0 Å². The van der Waals surface area contributed by atoms with Crippen molar-refractivity contribution in [1.29, 1.82) is 0 Å². The molecule has 0 radical (unpaired) electrons. The quantitative estimate of drug-likeness (QED) is 0.318. The lowest BCUT2D eigenvalue weighted by Gasteiger charge is -2.20. The molecule has 1 atom stereocenters. The van der Waals surface area contributed by atoms with Gasteiger partial charge in [0.05, 0.1) is 5.69 Å². The largest absolute Gasteiger partial charge is 0.332 e. The second-order valence-electron chi connectivity index (χ2n) is 7.25. The van der Waals surface area contributed by atoms with E-state index in [0.717, 1.165) is 4.90 Å². The fraction of sp³-hybridized carbons (Fsp3) is 0.273. The minimum Gasteiger partial charge on any atom is -0.326 e. The smallest absolute Gasteiger partial charge is 0.326 e. The van der Waals surface area contributed by atoms with E-state index in [2.05, 4.69) is 5.32 Å². The summed E-state index contributed by atoms with van der Waals surface area (Å²) in [5, 5.41) is 11.8. The number of rotatable bonds is 8. The predicted octanol–water partition coefficient (Wildman–Crippen LogP) is 3.43. The van der Waals surface area contributed by atoms with Gasteiger partial charge in [0.1, 0.15) is 6.04 Å². The number of nitrogens with zero attached hydrogens (tertiary/aromatic N) is 2. The first kappa shape index (κ1) is 23.2. The van der Waals surface area contributed by atoms with Crippen molar-refractivity contribution in [1.82, 2.24) is 10.4 Å². The highest BCUT2D eigenvalue weighted by atomic mass is 35.5. The minimum absolute atomic E-state index is 0.0250. The Balaban J connectivity index is 1.66. The maximum atomic E-state index is 13.0. The summed E-state index contributed by atoms with van der Waals surface area (Å²) in [4.78, 5) is 52.3. The van der Waals surface area contributed by atoms with Gasteiger partial charge in [0, 0.05) is 29.2 Å². The Morgan fingerprint density at radius 1 is 1.06 bits per heavy atom. The van der Waals surface area contributed by atoms with Crippen LogP contribution < -0.4 is 15.7 Å². The van der Waals surface area contributed by atoms with Crippen molar-refractivity contribution < 1.29 is 24.4 Å². The van der Waals surface area contributed by atoms with Gasteiger partial charge in [0.2, 0.25) is 5.91 Å². The number of benzene rings is 2. The van der Waals surface area contributed by atoms with Gasteiger partial charge in [0.15, 0.2) is 0 Å². The van der Waals surface area contributed by atoms with E-state index in [1.807, 2.05) is 6.92 Å². The number of hydroxylamine groups is 1. The Bertz CT molecular complexity index is 1010. The Morgan fingerprint density at radius 3 is 2.31 bits per heavy atom. The Labute approximate surface area is 189 Å². The average Bonchev–Trinajstić information content (AvgIpc) is 3.02. The van der Waals surface area contributed by atoms with Gasteiger partial charge >= 0.3 is 6.03 Å². The van der Waals surface area contributed by atoms with E-state index in [4.69, 9.17) is 16.8 Å². The van der Waals surface area contributed by atoms with Crippen molar-refractivity contribution in [3.05, 3.63) is 59.1 Å². The number of nitrogens with one attached hydrogen (secondary N) is 2. The first-order valence-corrected chi connectivity index (χ1v) is 10.5. The molecule has 1 fully saturated rings. The van der Waals surface area contributed by atoms with Crippen LogP contribution in [0, 0.1) is 0 Å². The molecule has 3 rings (SSSR count). The molecule has 5 amide bonds. The summed E-state index contributed by atoms with van der Waals surface area (Å²) in [6.45, 7) is 2.31. The van der Waals surface area contributed by atoms with Crippen LogP contribution in [0.25, 0.3) is 0 Å². The Morgan fingerprint density at radius 2 is 1.72 bits per heavy atom. The minimum atomic E-state index is -0.737. The van der Waals surface area contributed by atoms with E-state index < -0.39 is 18.0 Å². The molecule has 0 aromatic heterocycles. The van der Waals surface area contributed by atoms with Gasteiger partial charge in [-0.2, -0.15) is 0 Å². The molecular weight excluding hydrogens is 436 g/mol. The summed E-state index contributed by atoms with van der Waals surface area (Å²) >= 11 is 5.91. The maximum Gasteiger partial charge on any atom is 0.332 e. The van der Waals surface area contributed by atoms with E-state index in [1.54, 1.807) is 24.3 Å². The number of imide groups is 1. The summed E-state index contributed by atoms with van der Waals surface area (Å²) in [6.07, 6.45) is 0.868. The molecule has 1 heterocycles. The molecule has 168 valence electrons. The van der Waals surface area contributed by atoms with Gasteiger partial charge in [-0.15, -0.1) is 0 Å². The lowest BCUT2D eigenvalue weighted by atomic mass is 10.1. The van der Waals surface area contributed by atoms with Crippen molar-refractivity contribution in [2.75, 3.05) is 16.8 Å². The van der Waals surface area contributed by atoms with Gasteiger partial charge in [-0.05, 0) is 61.4 Å². The standard InChI is InChI=1S/C22H23ClN4O5/c1-2-13-26-18(21(30)27(22(26)31)17-9-5-15(23)6-10-17)11-12-19(28)24-16-7-3-14(4-8-16)20(29)25-32/h3-10,18,32H,2,11-13H2,1H3,(H,24,28)(H,25,29). The Hall–Kier alpha value is -3.43. The molecule has 0 bridgehead atoms. The second-order valence-corrected chi connectivity index (χ2v) is 7.68. The second kappa shape index (κ2) is 10.3. The fourth-order valence-corrected chi connectivity index (χ4v) is 3.62. The van der Waals surface area contributed by atoms with Gasteiger partial charge in [0.25, 0.3) is 11.8 Å². The van der Waals surface area contributed by atoms with Crippen LogP contribution in [-0.2, 0) is 9.59 Å². The molecule has 1 aliphatic heterocycles. The van der Waals surface area contributed by atoms with Crippen LogP contribution >= 0.6 is 11.6 Å². The fourth-order valence-electron chi connectivity index (χ4n) is 3.50. The number of halogens is 1. The normalized spacial score (nSPS) is 15.8. The van der Waals surface area contributed by atoms with E-state index in [-0.39, 0.29) is 30.2 Å². The van der Waals surface area contributed by atoms with Gasteiger partial charge in [-0.1, -0.05) is 18.5 Å². The number of carbonyl (C=O) groups excluding carboxylic acids is 4. The van der Waals surface area contributed by atoms with E-state index in [0.29, 0.717) is 29.4 Å². The monoisotopic (exact) mass is 458 g/mol. The molecule has 9 nitrogen and oxygen atoms in total. The van der Waals surface area contributed by atoms with Gasteiger partial charge in [-0.25, -0.2) is 15.2 Å². The van der Waals surface area contributed by atoms with Crippen LogP contribution in [0.15, 0.2) is 48.5 Å². The number of anilines is 2. The summed E-state index contributed by atoms with van der Waals surface area (Å²) in [5.74, 6) is -1.36. The summed E-state index contributed by atoms with van der Waals surface area (Å²) in [6, 6.07) is 11.2. The van der Waals surface area contributed by atoms with Crippen molar-refractivity contribution in [3.63, 3.8) is 0 Å². The third-order valence-corrected chi connectivity index (χ3v) is 5.30. The zero-order chi connectivity index (χ0) is 23.3. The number of amides is 5. The third kappa shape index (κ3) is 5.06. The first-order chi connectivity index (χ1) is 15.3. The molecule has 3 N–H and O–H groups in total. The maximum absolute atomic E-state index is 13.0. The lowest BCUT2D eigenvalue weighted by molar-refractivity contribution is -0.120. The third-order valence-electron chi connectivity index (χ3n) is 5.05. The molecule has 1 saturated heterocycles. The zero-order valence-electron chi connectivity index (χ0n) is 17.4. The summed E-state index contributed by atoms with van der Waals surface area (Å²) < 4.78 is 0. The van der Waals surface area contributed by atoms with E-state index in [1.165, 1.54) is 34.6 Å². The molecule has 0 aliphatic carbocycles. The highest BCUT2D eigenvalue weighted by Gasteiger charge is 2.45. The zero-order valence-corrected chi connectivity index (χ0v) is 18.1. The molecular formula is C22H23ClN4O5. The molecule has 32 heavy (non-hydrogen) atoms. The number of carbonyl (C=O) groups is 4. The number of hydrogen-bond donors (Lipinski definition) is 3. The Kier molecular flexibility index (Phi) is 7.45. The van der Waals surface area contributed by atoms with Crippen LogP contribution in [0.2, 0.25) is 5.02 Å². The van der Waals surface area contributed by atoms with Crippen molar-refractivity contribution >= 4 is 46.7 Å². The topological polar surface area (TPSA) is 119 Å². The van der Waals surface area contributed by atoms with Crippen LogP contribution in [0.1, 0.15) is 36.5 Å². The van der Waals surface area contributed by atoms with Crippen LogP contribution in [-0.4, -0.2) is 46.4 Å². The van der Waals surface area contributed by atoms with Crippen LogP contribution in [0.4, 0.5) is 16.2 Å². The SMILES string of the molecule is CCCN1C(=O)N(c2ccc(Cl)cc2)C(=O)C1CCC(=O)Nc1ccc(C(=O)NO)cc1. The number of urea groups is 1. The first-order valence-electron chi connectivity index (χ1n) is 10.1. The van der Waals surface area contributed by atoms with Gasteiger partial charge < -0.3 is 10.2 Å². The highest BCUT2D eigenvalue weighted by Crippen LogP contribution is 2.28. The molecule has 10 heteroatoms. The molecule has 0 saturated carbocycles. The molecule has 1 unspecified atom stereocenters. The predicted molar refractivity (Wildman–Crippen MR) is 119 cm³/mol. The molecule has 1 aliphatic rings. The lowest BCUT2D eigenvalue weighted by Crippen LogP contribution is -2.36. The highest BCUT2D eigenvalue weighted by molar-refractivity contribution is 6.30. The van der Waals surface area contributed by atoms with Crippen LogP contribution in [0.3, 0.4) is 0 Å². The summed E-state index contributed by atoms with van der Waals surface area (Å²) in [5.41, 5.74) is 2.67. The molecule has 0 spiro atoms. The van der Waals surface area contributed by atoms with Crippen molar-refractivity contribution in [2.45, 2.75) is 32.2 Å².